The predicted molar refractivity (Wildman–Crippen MR) is 51.2 cm³/mol. The first kappa shape index (κ1) is 10.5. The fraction of sp³-hybridized carbons (Fsp3) is 0.250. The van der Waals surface area contributed by atoms with Crippen molar-refractivity contribution in [1.82, 2.24) is 5.32 Å². The van der Waals surface area contributed by atoms with Gasteiger partial charge in [0.05, 0.1) is 18.5 Å². The van der Waals surface area contributed by atoms with Gasteiger partial charge in [0.2, 0.25) is 0 Å². The Kier molecular flexibility index (Phi) is 3.47. The van der Waals surface area contributed by atoms with E-state index in [9.17, 15) is 9.59 Å². The highest BCUT2D eigenvalue weighted by molar-refractivity contribution is 7.12. The minimum atomic E-state index is -1.21. The van der Waals surface area contributed by atoms with E-state index < -0.39 is 6.09 Å². The van der Waals surface area contributed by atoms with E-state index in [0.29, 0.717) is 10.6 Å². The van der Waals surface area contributed by atoms with Crippen LogP contribution in [0.25, 0.3) is 0 Å². The van der Waals surface area contributed by atoms with Gasteiger partial charge in [-0.25, -0.2) is 4.79 Å². The van der Waals surface area contributed by atoms with Crippen molar-refractivity contribution in [3.8, 4) is 5.75 Å². The van der Waals surface area contributed by atoms with Gasteiger partial charge in [-0.2, -0.15) is 0 Å². The number of Topliss-reactive ketones (excluding diaryl/α,β-unsaturated/α-hetero) is 1. The van der Waals surface area contributed by atoms with Gasteiger partial charge in [-0.05, 0) is 0 Å². The third-order valence-electron chi connectivity index (χ3n) is 1.49. The highest BCUT2D eigenvalue weighted by Gasteiger charge is 2.10. The van der Waals surface area contributed by atoms with Gasteiger partial charge in [0.15, 0.2) is 5.78 Å². The summed E-state index contributed by atoms with van der Waals surface area (Å²) in [4.78, 5) is 21.9. The number of ketones is 1. The monoisotopic (exact) mass is 215 g/mol. The Labute approximate surface area is 84.3 Å². The van der Waals surface area contributed by atoms with Crippen molar-refractivity contribution >= 4 is 23.2 Å². The maximum atomic E-state index is 11.3. The number of amides is 1. The average Bonchev–Trinajstić information content (AvgIpc) is 2.62. The topological polar surface area (TPSA) is 75.6 Å². The largest absolute Gasteiger partial charge is 0.496 e. The van der Waals surface area contributed by atoms with Gasteiger partial charge in [-0.3, -0.25) is 4.79 Å². The molecule has 14 heavy (non-hydrogen) atoms. The van der Waals surface area contributed by atoms with Crippen molar-refractivity contribution < 1.29 is 19.4 Å². The Morgan fingerprint density at radius 3 is 2.86 bits per heavy atom. The number of ether oxygens (including phenoxy) is 1. The van der Waals surface area contributed by atoms with Crippen LogP contribution in [0.3, 0.4) is 0 Å². The van der Waals surface area contributed by atoms with Crippen molar-refractivity contribution in [2.24, 2.45) is 0 Å². The summed E-state index contributed by atoms with van der Waals surface area (Å²) in [5.41, 5.74) is 0. The average molecular weight is 215 g/mol. The Balaban J connectivity index is 2.56. The molecule has 1 aromatic rings. The molecular formula is C8H9NO4S. The fourth-order valence-corrected chi connectivity index (χ4v) is 1.61. The summed E-state index contributed by atoms with van der Waals surface area (Å²) in [5, 5.41) is 12.0. The van der Waals surface area contributed by atoms with Gasteiger partial charge in [0.25, 0.3) is 0 Å². The maximum Gasteiger partial charge on any atom is 0.405 e. The summed E-state index contributed by atoms with van der Waals surface area (Å²) in [6.07, 6.45) is -1.21. The number of methoxy groups -OCH3 is 1. The van der Waals surface area contributed by atoms with E-state index >= 15 is 0 Å². The molecule has 0 aliphatic rings. The first-order valence-corrected chi connectivity index (χ1v) is 4.64. The molecule has 0 spiro atoms. The zero-order valence-corrected chi connectivity index (χ0v) is 8.26. The molecule has 0 atom stereocenters. The third-order valence-corrected chi connectivity index (χ3v) is 2.44. The highest BCUT2D eigenvalue weighted by Crippen LogP contribution is 2.21. The molecule has 0 aliphatic heterocycles. The molecule has 0 saturated carbocycles. The lowest BCUT2D eigenvalue weighted by molar-refractivity contribution is 0.0990. The molecule has 0 aliphatic carbocycles. The molecule has 76 valence electrons. The quantitative estimate of drug-likeness (QED) is 0.740. The van der Waals surface area contributed by atoms with Crippen LogP contribution in [-0.4, -0.2) is 30.6 Å². The van der Waals surface area contributed by atoms with E-state index in [1.165, 1.54) is 18.4 Å². The van der Waals surface area contributed by atoms with Crippen LogP contribution in [0.1, 0.15) is 9.67 Å². The third kappa shape index (κ3) is 2.74. The summed E-state index contributed by atoms with van der Waals surface area (Å²) in [6.45, 7) is -0.209. The van der Waals surface area contributed by atoms with Crippen LogP contribution in [0.2, 0.25) is 0 Å². The SMILES string of the molecule is COc1csc(C(=O)CNC(=O)O)c1. The molecule has 1 heterocycles. The predicted octanol–water partition coefficient (Wildman–Crippen LogP) is 1.21. The standard InChI is InChI=1S/C8H9NO4S/c1-13-5-2-7(14-4-5)6(10)3-9-8(11)12/h2,4,9H,3H2,1H3,(H,11,12). The number of carboxylic acid groups (broad SMARTS) is 1. The Morgan fingerprint density at radius 2 is 2.36 bits per heavy atom. The number of carbonyl (C=O) groups is 2. The Bertz CT molecular complexity index is 347. The van der Waals surface area contributed by atoms with Gasteiger partial charge >= 0.3 is 6.09 Å². The molecule has 0 bridgehead atoms. The second-order valence-corrected chi connectivity index (χ2v) is 3.34. The molecule has 0 saturated heterocycles. The summed E-state index contributed by atoms with van der Waals surface area (Å²) < 4.78 is 4.89. The molecule has 1 aromatic heterocycles. The molecule has 0 radical (unpaired) electrons. The highest BCUT2D eigenvalue weighted by atomic mass is 32.1. The molecular weight excluding hydrogens is 206 g/mol. The van der Waals surface area contributed by atoms with Crippen LogP contribution in [0, 0.1) is 0 Å². The lowest BCUT2D eigenvalue weighted by Crippen LogP contribution is -2.27. The Morgan fingerprint density at radius 1 is 1.64 bits per heavy atom. The molecule has 1 rings (SSSR count). The van der Waals surface area contributed by atoms with Crippen LogP contribution in [-0.2, 0) is 0 Å². The van der Waals surface area contributed by atoms with Gasteiger partial charge in [0, 0.05) is 11.4 Å². The molecule has 1 amide bonds. The maximum absolute atomic E-state index is 11.3. The van der Waals surface area contributed by atoms with Crippen molar-refractivity contribution in [1.29, 1.82) is 0 Å². The summed E-state index contributed by atoms with van der Waals surface area (Å²) in [5.74, 6) is 0.342. The van der Waals surface area contributed by atoms with E-state index in [0.717, 1.165) is 0 Å². The van der Waals surface area contributed by atoms with Crippen molar-refractivity contribution in [2.75, 3.05) is 13.7 Å². The van der Waals surface area contributed by atoms with Crippen molar-refractivity contribution in [3.63, 3.8) is 0 Å². The number of rotatable bonds is 4. The van der Waals surface area contributed by atoms with Crippen LogP contribution in [0.15, 0.2) is 11.4 Å². The normalized spacial score (nSPS) is 9.50. The van der Waals surface area contributed by atoms with Gasteiger partial charge in [0.1, 0.15) is 5.75 Å². The Hall–Kier alpha value is -1.56. The molecule has 2 N–H and O–H groups in total. The minimum Gasteiger partial charge on any atom is -0.496 e. The summed E-state index contributed by atoms with van der Waals surface area (Å²) in [7, 11) is 1.51. The van der Waals surface area contributed by atoms with Crippen LogP contribution in [0.4, 0.5) is 4.79 Å². The van der Waals surface area contributed by atoms with Crippen LogP contribution in [0.5, 0.6) is 5.75 Å². The number of nitrogens with one attached hydrogen (secondary N) is 1. The zero-order valence-electron chi connectivity index (χ0n) is 7.44. The number of thiophene rings is 1. The van der Waals surface area contributed by atoms with E-state index in [2.05, 4.69) is 0 Å². The van der Waals surface area contributed by atoms with E-state index in [4.69, 9.17) is 9.84 Å². The number of hydrogen-bond acceptors (Lipinski definition) is 4. The second kappa shape index (κ2) is 4.61. The first-order chi connectivity index (χ1) is 6.63. The first-order valence-electron chi connectivity index (χ1n) is 3.76. The molecule has 6 heteroatoms. The van der Waals surface area contributed by atoms with Gasteiger partial charge in [-0.1, -0.05) is 0 Å². The number of carbonyl (C=O) groups excluding carboxylic acids is 1. The zero-order chi connectivity index (χ0) is 10.6. The minimum absolute atomic E-state index is 0.209. The summed E-state index contributed by atoms with van der Waals surface area (Å²) in [6, 6.07) is 1.58. The van der Waals surface area contributed by atoms with Gasteiger partial charge < -0.3 is 15.2 Å². The van der Waals surface area contributed by atoms with E-state index in [1.54, 1.807) is 11.4 Å². The molecule has 0 fully saturated rings. The van der Waals surface area contributed by atoms with Gasteiger partial charge in [-0.15, -0.1) is 11.3 Å². The molecule has 5 nitrogen and oxygen atoms in total. The van der Waals surface area contributed by atoms with Crippen molar-refractivity contribution in [2.45, 2.75) is 0 Å². The summed E-state index contributed by atoms with van der Waals surface area (Å²) >= 11 is 1.23. The van der Waals surface area contributed by atoms with Crippen LogP contribution < -0.4 is 10.1 Å². The van der Waals surface area contributed by atoms with Crippen molar-refractivity contribution in [3.05, 3.63) is 16.3 Å². The van der Waals surface area contributed by atoms with Crippen LogP contribution >= 0.6 is 11.3 Å². The fourth-order valence-electron chi connectivity index (χ4n) is 0.815. The lowest BCUT2D eigenvalue weighted by Gasteiger charge is -1.96. The smallest absolute Gasteiger partial charge is 0.405 e. The second-order valence-electron chi connectivity index (χ2n) is 2.43. The molecule has 0 aromatic carbocycles. The lowest BCUT2D eigenvalue weighted by atomic mass is 10.3. The molecule has 0 unspecified atom stereocenters. The van der Waals surface area contributed by atoms with E-state index in [-0.39, 0.29) is 12.3 Å². The van der Waals surface area contributed by atoms with E-state index in [1.807, 2.05) is 5.32 Å². The number of hydrogen-bond donors (Lipinski definition) is 2.